The highest BCUT2D eigenvalue weighted by atomic mass is 32.2. The summed E-state index contributed by atoms with van der Waals surface area (Å²) in [6, 6.07) is 11.2. The molecule has 0 aliphatic carbocycles. The molecule has 3 rings (SSSR count). The van der Waals surface area contributed by atoms with E-state index >= 15 is 0 Å². The molecule has 0 saturated heterocycles. The van der Waals surface area contributed by atoms with E-state index in [1.54, 1.807) is 24.5 Å². The van der Waals surface area contributed by atoms with Crippen molar-refractivity contribution in [2.24, 2.45) is 0 Å². The maximum atomic E-state index is 12.9. The van der Waals surface area contributed by atoms with Crippen LogP contribution in [0.25, 0.3) is 21.9 Å². The Morgan fingerprint density at radius 3 is 2.38 bits per heavy atom. The largest absolute Gasteiger partial charge is 0.282 e. The standard InChI is InChI=1S/C18H14N4OS/c1-12-4-6-14(7-5-12)22-16(13-8-10-20-11-9-13)21-17(24-3)15(19-2)18(22)23/h4-11H,1,3H3. The number of aryl methyl sites for hydroxylation is 1. The van der Waals surface area contributed by atoms with Crippen molar-refractivity contribution in [3.05, 3.63) is 76.1 Å². The Labute approximate surface area is 143 Å². The van der Waals surface area contributed by atoms with Gasteiger partial charge in [0.15, 0.2) is 0 Å². The second kappa shape index (κ2) is 6.69. The van der Waals surface area contributed by atoms with Gasteiger partial charge in [-0.3, -0.25) is 14.3 Å². The Bertz CT molecular complexity index is 973. The lowest BCUT2D eigenvalue weighted by Crippen LogP contribution is -2.22. The first-order valence-electron chi connectivity index (χ1n) is 7.21. The molecular weight excluding hydrogens is 320 g/mol. The van der Waals surface area contributed by atoms with E-state index in [1.807, 2.05) is 37.4 Å². The number of benzene rings is 1. The SMILES string of the molecule is [C-]#[N+]c1c(SC)nc(-c2ccncc2)n(-c2ccc(C)cc2)c1=O. The predicted molar refractivity (Wildman–Crippen MR) is 95.8 cm³/mol. The molecule has 0 aliphatic rings. The number of aromatic nitrogens is 3. The molecule has 0 fully saturated rings. The summed E-state index contributed by atoms with van der Waals surface area (Å²) in [6.45, 7) is 9.33. The summed E-state index contributed by atoms with van der Waals surface area (Å²) >= 11 is 1.30. The molecule has 118 valence electrons. The van der Waals surface area contributed by atoms with Crippen molar-refractivity contribution >= 4 is 17.4 Å². The number of thioether (sulfide) groups is 1. The Balaban J connectivity index is 2.39. The van der Waals surface area contributed by atoms with Crippen molar-refractivity contribution in [2.45, 2.75) is 11.9 Å². The fourth-order valence-electron chi connectivity index (χ4n) is 2.36. The number of nitrogens with zero attached hydrogens (tertiary/aromatic N) is 4. The third kappa shape index (κ3) is 2.82. The van der Waals surface area contributed by atoms with Gasteiger partial charge in [0.2, 0.25) is 0 Å². The van der Waals surface area contributed by atoms with Crippen LogP contribution in [-0.4, -0.2) is 20.8 Å². The Morgan fingerprint density at radius 1 is 1.12 bits per heavy atom. The van der Waals surface area contributed by atoms with Gasteiger partial charge in [0.1, 0.15) is 10.9 Å². The van der Waals surface area contributed by atoms with Gasteiger partial charge < -0.3 is 0 Å². The average Bonchev–Trinajstić information content (AvgIpc) is 2.62. The average molecular weight is 334 g/mol. The second-order valence-electron chi connectivity index (χ2n) is 5.12. The van der Waals surface area contributed by atoms with Gasteiger partial charge in [0.05, 0.1) is 6.57 Å². The summed E-state index contributed by atoms with van der Waals surface area (Å²) in [6.07, 6.45) is 5.12. The van der Waals surface area contributed by atoms with E-state index in [1.165, 1.54) is 16.3 Å². The van der Waals surface area contributed by atoms with E-state index in [0.29, 0.717) is 16.5 Å². The van der Waals surface area contributed by atoms with Crippen LogP contribution in [0.3, 0.4) is 0 Å². The Kier molecular flexibility index (Phi) is 4.45. The van der Waals surface area contributed by atoms with Crippen molar-refractivity contribution in [3.63, 3.8) is 0 Å². The monoisotopic (exact) mass is 334 g/mol. The normalized spacial score (nSPS) is 10.4. The molecule has 0 bridgehead atoms. The minimum absolute atomic E-state index is 0.0425. The van der Waals surface area contributed by atoms with E-state index in [4.69, 9.17) is 6.57 Å². The van der Waals surface area contributed by atoms with Gasteiger partial charge in [-0.2, -0.15) is 0 Å². The minimum atomic E-state index is -0.361. The maximum absolute atomic E-state index is 12.9. The molecule has 24 heavy (non-hydrogen) atoms. The van der Waals surface area contributed by atoms with Crippen molar-refractivity contribution in [3.8, 4) is 17.1 Å². The van der Waals surface area contributed by atoms with Gasteiger partial charge >= 0.3 is 0 Å². The van der Waals surface area contributed by atoms with Crippen LogP contribution < -0.4 is 5.56 Å². The molecular formula is C18H14N4OS. The Hall–Kier alpha value is -2.91. The zero-order valence-electron chi connectivity index (χ0n) is 13.2. The highest BCUT2D eigenvalue weighted by molar-refractivity contribution is 7.98. The first kappa shape index (κ1) is 16.0. The highest BCUT2D eigenvalue weighted by Gasteiger charge is 2.18. The summed E-state index contributed by atoms with van der Waals surface area (Å²) in [5, 5.41) is 0.435. The summed E-state index contributed by atoms with van der Waals surface area (Å²) in [4.78, 5) is 24.9. The topological polar surface area (TPSA) is 52.1 Å². The highest BCUT2D eigenvalue weighted by Crippen LogP contribution is 2.28. The van der Waals surface area contributed by atoms with Gasteiger partial charge in [0.25, 0.3) is 11.2 Å². The number of pyridine rings is 1. The number of rotatable bonds is 3. The zero-order chi connectivity index (χ0) is 17.1. The smallest absolute Gasteiger partial charge is 0.282 e. The van der Waals surface area contributed by atoms with Gasteiger partial charge in [-0.15, -0.1) is 11.8 Å². The van der Waals surface area contributed by atoms with Crippen LogP contribution in [0, 0.1) is 13.5 Å². The summed E-state index contributed by atoms with van der Waals surface area (Å²) < 4.78 is 1.49. The number of hydrogen-bond acceptors (Lipinski definition) is 4. The fraction of sp³-hybridized carbons (Fsp3) is 0.111. The first-order valence-corrected chi connectivity index (χ1v) is 8.44. The minimum Gasteiger partial charge on any atom is -0.282 e. The molecule has 2 aromatic heterocycles. The van der Waals surface area contributed by atoms with Crippen LogP contribution in [-0.2, 0) is 0 Å². The van der Waals surface area contributed by atoms with Crippen LogP contribution in [0.1, 0.15) is 5.56 Å². The summed E-state index contributed by atoms with van der Waals surface area (Å²) in [5.74, 6) is 0.503. The molecule has 5 nitrogen and oxygen atoms in total. The third-order valence-electron chi connectivity index (χ3n) is 3.56. The third-order valence-corrected chi connectivity index (χ3v) is 4.23. The molecule has 1 aromatic carbocycles. The Morgan fingerprint density at radius 2 is 1.79 bits per heavy atom. The lowest BCUT2D eigenvalue weighted by molar-refractivity contribution is 0.915. The van der Waals surface area contributed by atoms with Crippen LogP contribution in [0.15, 0.2) is 58.6 Å². The molecule has 2 heterocycles. The molecule has 0 amide bonds. The van der Waals surface area contributed by atoms with Gasteiger partial charge in [-0.05, 0) is 37.4 Å². The van der Waals surface area contributed by atoms with Crippen LogP contribution in [0.5, 0.6) is 0 Å². The molecule has 0 saturated carbocycles. The molecule has 0 spiro atoms. The van der Waals surface area contributed by atoms with Crippen molar-refractivity contribution in [1.29, 1.82) is 0 Å². The van der Waals surface area contributed by atoms with Crippen molar-refractivity contribution < 1.29 is 0 Å². The quantitative estimate of drug-likeness (QED) is 0.414. The van der Waals surface area contributed by atoms with Gasteiger partial charge in [-0.1, -0.05) is 17.7 Å². The van der Waals surface area contributed by atoms with E-state index in [0.717, 1.165) is 11.1 Å². The first-order chi connectivity index (χ1) is 11.7. The van der Waals surface area contributed by atoms with Gasteiger partial charge in [-0.25, -0.2) is 9.83 Å². The molecule has 0 unspecified atom stereocenters. The fourth-order valence-corrected chi connectivity index (χ4v) is 2.86. The lowest BCUT2D eigenvalue weighted by Gasteiger charge is -2.15. The molecule has 0 atom stereocenters. The molecule has 0 N–H and O–H groups in total. The van der Waals surface area contributed by atoms with Crippen molar-refractivity contribution in [1.82, 2.24) is 14.5 Å². The van der Waals surface area contributed by atoms with Crippen LogP contribution in [0.2, 0.25) is 0 Å². The second-order valence-corrected chi connectivity index (χ2v) is 5.91. The predicted octanol–water partition coefficient (Wildman–Crippen LogP) is 3.88. The summed E-state index contributed by atoms with van der Waals surface area (Å²) in [5.41, 5.74) is 2.23. The number of hydrogen-bond donors (Lipinski definition) is 0. The van der Waals surface area contributed by atoms with E-state index < -0.39 is 0 Å². The zero-order valence-corrected chi connectivity index (χ0v) is 14.0. The van der Waals surface area contributed by atoms with E-state index in [9.17, 15) is 4.79 Å². The summed E-state index contributed by atoms with van der Waals surface area (Å²) in [7, 11) is 0. The van der Waals surface area contributed by atoms with Crippen LogP contribution in [0.4, 0.5) is 5.69 Å². The molecule has 3 aromatic rings. The molecule has 0 aliphatic heterocycles. The van der Waals surface area contributed by atoms with Crippen LogP contribution >= 0.6 is 11.8 Å². The van der Waals surface area contributed by atoms with E-state index in [2.05, 4.69) is 14.8 Å². The van der Waals surface area contributed by atoms with Gasteiger partial charge in [0, 0.05) is 23.6 Å². The van der Waals surface area contributed by atoms with Crippen molar-refractivity contribution in [2.75, 3.05) is 6.26 Å². The maximum Gasteiger partial charge on any atom is 0.282 e. The molecule has 0 radical (unpaired) electrons. The molecule has 6 heteroatoms. The lowest BCUT2D eigenvalue weighted by atomic mass is 10.2. The van der Waals surface area contributed by atoms with E-state index in [-0.39, 0.29) is 11.2 Å².